The quantitative estimate of drug-likeness (QED) is 0.451. The lowest BCUT2D eigenvalue weighted by Crippen LogP contribution is -2.47. The van der Waals surface area contributed by atoms with Gasteiger partial charge < -0.3 is 9.52 Å². The van der Waals surface area contributed by atoms with Crippen LogP contribution in [0, 0.1) is 0 Å². The van der Waals surface area contributed by atoms with Crippen LogP contribution in [0.5, 0.6) is 5.75 Å². The highest BCUT2D eigenvalue weighted by atomic mass is 79.9. The van der Waals surface area contributed by atoms with Crippen LogP contribution < -0.4 is 21.9 Å². The summed E-state index contributed by atoms with van der Waals surface area (Å²) in [5.74, 6) is -0.896. The van der Waals surface area contributed by atoms with Crippen molar-refractivity contribution < 1.29 is 18.7 Å². The third kappa shape index (κ3) is 3.21. The highest BCUT2D eigenvalue weighted by molar-refractivity contribution is 9.11. The summed E-state index contributed by atoms with van der Waals surface area (Å²) in [5.41, 5.74) is 0.00380. The molecule has 1 N–H and O–H groups in total. The Kier molecular flexibility index (Phi) is 5.43. The number of phenols is 1. The van der Waals surface area contributed by atoms with Gasteiger partial charge in [0.15, 0.2) is 12.0 Å². The van der Waals surface area contributed by atoms with Crippen molar-refractivity contribution in [1.82, 2.24) is 0 Å². The number of furan rings is 1. The van der Waals surface area contributed by atoms with Gasteiger partial charge >= 0.3 is 0 Å². The van der Waals surface area contributed by atoms with E-state index in [1.54, 1.807) is 0 Å². The predicted molar refractivity (Wildman–Crippen MR) is 114 cm³/mol. The number of benzene rings is 2. The van der Waals surface area contributed by atoms with Gasteiger partial charge in [-0.25, -0.2) is 4.39 Å². The zero-order chi connectivity index (χ0) is 20.2. The molecule has 1 heterocycles. The van der Waals surface area contributed by atoms with Gasteiger partial charge in [-0.2, -0.15) is 0 Å². The Balaban J connectivity index is 2.40. The molecule has 8 radical (unpaired) electrons. The second-order valence-electron chi connectivity index (χ2n) is 5.93. The van der Waals surface area contributed by atoms with E-state index in [0.29, 0.717) is 0 Å². The van der Waals surface area contributed by atoms with Crippen LogP contribution in [0.4, 0.5) is 4.39 Å². The lowest BCUT2D eigenvalue weighted by atomic mass is 9.65. The molecule has 3 aromatic rings. The second kappa shape index (κ2) is 7.21. The van der Waals surface area contributed by atoms with Crippen LogP contribution >= 0.6 is 31.9 Å². The van der Waals surface area contributed by atoms with Crippen molar-refractivity contribution in [2.75, 3.05) is 0 Å². The first-order valence-corrected chi connectivity index (χ1v) is 9.19. The molecule has 0 saturated heterocycles. The van der Waals surface area contributed by atoms with Crippen molar-refractivity contribution in [2.24, 2.45) is 0 Å². The third-order valence-electron chi connectivity index (χ3n) is 4.19. The number of hydrogen-bond donors (Lipinski definition) is 1. The molecule has 2 aromatic carbocycles. The Morgan fingerprint density at radius 1 is 1.07 bits per heavy atom. The molecule has 0 aliphatic carbocycles. The molecule has 0 aliphatic rings. The molecule has 0 fully saturated rings. The fraction of sp³-hybridized carbons (Fsp3) is 0.118. The average Bonchev–Trinajstić information content (AvgIpc) is 3.02. The summed E-state index contributed by atoms with van der Waals surface area (Å²) in [4.78, 5) is 13.2. The monoisotopic (exact) mass is 480 g/mol. The van der Waals surface area contributed by atoms with Crippen molar-refractivity contribution >= 4 is 102 Å². The summed E-state index contributed by atoms with van der Waals surface area (Å²) >= 11 is 6.32. The summed E-state index contributed by atoms with van der Waals surface area (Å²) in [7, 11) is 23.7. The van der Waals surface area contributed by atoms with E-state index in [1.807, 2.05) is 0 Å². The Hall–Kier alpha value is -1.40. The van der Waals surface area contributed by atoms with E-state index in [1.165, 1.54) is 19.1 Å². The minimum atomic E-state index is -1.62. The molecular weight excluding hydrogens is 474 g/mol. The molecule has 3 nitrogen and oxygen atoms in total. The fourth-order valence-electron chi connectivity index (χ4n) is 2.79. The SMILES string of the molecule is [B]c1c([B])c([B])c2c(C(=O)c3cc(Br)c(O)c(Br)c3)c(C(C)F)oc2c1[B]. The molecule has 0 spiro atoms. The minimum absolute atomic E-state index is 0.000863. The lowest BCUT2D eigenvalue weighted by Gasteiger charge is -2.13. The molecule has 10 heteroatoms. The van der Waals surface area contributed by atoms with Crippen molar-refractivity contribution in [2.45, 2.75) is 13.1 Å². The second-order valence-corrected chi connectivity index (χ2v) is 7.64. The van der Waals surface area contributed by atoms with Gasteiger partial charge in [0, 0.05) is 10.9 Å². The van der Waals surface area contributed by atoms with E-state index in [0.717, 1.165) is 0 Å². The number of carbonyl (C=O) groups excluding carboxylic acids is 1. The third-order valence-corrected chi connectivity index (χ3v) is 5.40. The van der Waals surface area contributed by atoms with Gasteiger partial charge in [-0.05, 0) is 50.9 Å². The first kappa shape index (κ1) is 20.3. The number of ketones is 1. The zero-order valence-electron chi connectivity index (χ0n) is 13.9. The van der Waals surface area contributed by atoms with Gasteiger partial charge in [-0.1, -0.05) is 10.9 Å². The molecule has 0 amide bonds. The van der Waals surface area contributed by atoms with Gasteiger partial charge in [0.1, 0.15) is 48.5 Å². The number of carbonyl (C=O) groups is 1. The fourth-order valence-corrected chi connectivity index (χ4v) is 3.98. The Morgan fingerprint density at radius 2 is 1.59 bits per heavy atom. The van der Waals surface area contributed by atoms with E-state index in [9.17, 15) is 14.3 Å². The normalized spacial score (nSPS) is 12.4. The average molecular weight is 481 g/mol. The number of aromatic hydroxyl groups is 1. The van der Waals surface area contributed by atoms with Crippen LogP contribution in [0.15, 0.2) is 25.5 Å². The maximum absolute atomic E-state index is 14.2. The predicted octanol–water partition coefficient (Wildman–Crippen LogP) is 1.10. The van der Waals surface area contributed by atoms with Crippen molar-refractivity contribution in [3.05, 3.63) is 38.0 Å². The lowest BCUT2D eigenvalue weighted by molar-refractivity contribution is 0.103. The Morgan fingerprint density at radius 3 is 2.11 bits per heavy atom. The van der Waals surface area contributed by atoms with E-state index in [2.05, 4.69) is 31.9 Å². The minimum Gasteiger partial charge on any atom is -0.506 e. The van der Waals surface area contributed by atoms with Gasteiger partial charge in [-0.3, -0.25) is 4.79 Å². The summed E-state index contributed by atoms with van der Waals surface area (Å²) in [6, 6.07) is 2.79. The van der Waals surface area contributed by atoms with Gasteiger partial charge in [0.05, 0.1) is 14.5 Å². The van der Waals surface area contributed by atoms with Crippen LogP contribution in [-0.4, -0.2) is 42.3 Å². The smallest absolute Gasteiger partial charge is 0.197 e. The number of halogens is 3. The van der Waals surface area contributed by atoms with Crippen molar-refractivity contribution in [3.8, 4) is 5.75 Å². The molecule has 1 atom stereocenters. The summed E-state index contributed by atoms with van der Waals surface area (Å²) in [5, 5.41) is 9.96. The summed E-state index contributed by atoms with van der Waals surface area (Å²) < 4.78 is 20.3. The summed E-state index contributed by atoms with van der Waals surface area (Å²) in [6.45, 7) is 1.22. The molecule has 0 saturated carbocycles. The molecule has 126 valence electrons. The molecule has 0 aliphatic heterocycles. The summed E-state index contributed by atoms with van der Waals surface area (Å²) in [6.07, 6.45) is -1.62. The van der Waals surface area contributed by atoms with Crippen LogP contribution in [-0.2, 0) is 0 Å². The van der Waals surface area contributed by atoms with Crippen LogP contribution in [0.1, 0.15) is 34.8 Å². The van der Waals surface area contributed by atoms with Crippen molar-refractivity contribution in [1.29, 1.82) is 0 Å². The molecule has 1 aromatic heterocycles. The van der Waals surface area contributed by atoms with Gasteiger partial charge in [-0.15, -0.1) is 10.9 Å². The first-order chi connectivity index (χ1) is 12.6. The zero-order valence-corrected chi connectivity index (χ0v) is 17.1. The van der Waals surface area contributed by atoms with E-state index < -0.39 is 12.0 Å². The molecule has 27 heavy (non-hydrogen) atoms. The van der Waals surface area contributed by atoms with Crippen LogP contribution in [0.3, 0.4) is 0 Å². The molecular formula is C17H7B4Br2FO3. The van der Waals surface area contributed by atoms with Gasteiger partial charge in [0.25, 0.3) is 0 Å². The molecule has 0 bridgehead atoms. The van der Waals surface area contributed by atoms with Crippen LogP contribution in [0.25, 0.3) is 11.0 Å². The van der Waals surface area contributed by atoms with E-state index in [-0.39, 0.29) is 64.4 Å². The van der Waals surface area contributed by atoms with Crippen molar-refractivity contribution in [3.63, 3.8) is 0 Å². The van der Waals surface area contributed by atoms with Gasteiger partial charge in [0.2, 0.25) is 0 Å². The number of alkyl halides is 1. The highest BCUT2D eigenvalue weighted by Gasteiger charge is 2.28. The van der Waals surface area contributed by atoms with E-state index in [4.69, 9.17) is 35.8 Å². The number of hydrogen-bond acceptors (Lipinski definition) is 3. The van der Waals surface area contributed by atoms with E-state index >= 15 is 0 Å². The maximum Gasteiger partial charge on any atom is 0.197 e. The Bertz CT molecular complexity index is 1090. The van der Waals surface area contributed by atoms with Crippen LogP contribution in [0.2, 0.25) is 0 Å². The standard InChI is InChI=1S/C17H7B4Br2FO3/c1-4(24)16-9(14(25)5-2-6(22)15(26)7(23)3-5)8-10(18)11(19)12(20)13(21)17(8)27-16/h2-4,26H,1H3. The molecule has 3 rings (SSSR count). The number of rotatable bonds is 3. The first-order valence-electron chi connectivity index (χ1n) is 7.61. The topological polar surface area (TPSA) is 50.4 Å². The number of fused-ring (bicyclic) bond motifs is 1. The Labute approximate surface area is 177 Å². The molecule has 1 unspecified atom stereocenters. The number of phenolic OH excluding ortho intramolecular Hbond substituents is 1. The highest BCUT2D eigenvalue weighted by Crippen LogP contribution is 2.36. The largest absolute Gasteiger partial charge is 0.506 e. The maximum atomic E-state index is 14.2.